The van der Waals surface area contributed by atoms with E-state index in [1.165, 1.54) is 26.3 Å². The Morgan fingerprint density at radius 3 is 2.41 bits per heavy atom. The first-order valence-corrected chi connectivity index (χ1v) is 18.6. The van der Waals surface area contributed by atoms with E-state index in [2.05, 4.69) is 75.2 Å². The molecule has 2 unspecified atom stereocenters. The zero-order valence-electron chi connectivity index (χ0n) is 21.5. The molecule has 0 radical (unpaired) electrons. The van der Waals surface area contributed by atoms with Crippen LogP contribution in [-0.2, 0) is 14.8 Å². The first kappa shape index (κ1) is 26.0. The number of rotatable bonds is 6. The van der Waals surface area contributed by atoms with Crippen molar-refractivity contribution in [2.45, 2.75) is 49.2 Å². The number of benzene rings is 2. The maximum Gasteiger partial charge on any atom is 0.217 e. The van der Waals surface area contributed by atoms with Crippen LogP contribution in [-0.4, -0.2) is 70.5 Å². The van der Waals surface area contributed by atoms with Gasteiger partial charge in [0, 0.05) is 60.0 Å². The van der Waals surface area contributed by atoms with Crippen molar-refractivity contribution < 1.29 is 13.2 Å². The van der Waals surface area contributed by atoms with Gasteiger partial charge < -0.3 is 14.5 Å². The average molecular weight is 655 g/mol. The van der Waals surface area contributed by atoms with Gasteiger partial charge in [0.2, 0.25) is 10.0 Å². The van der Waals surface area contributed by atoms with Gasteiger partial charge >= 0.3 is 0 Å². The summed E-state index contributed by atoms with van der Waals surface area (Å²) in [4.78, 5) is 11.3. The molecule has 0 aromatic heterocycles. The first-order valence-electron chi connectivity index (χ1n) is 13.4. The number of morpholine rings is 1. The molecule has 10 heteroatoms. The van der Waals surface area contributed by atoms with Gasteiger partial charge in [0.25, 0.3) is 0 Å². The second-order valence-electron chi connectivity index (χ2n) is 10.4. The molecular formula is C27H35IN4O3S2. The number of fused-ring (bicyclic) bond motifs is 2. The second-order valence-corrected chi connectivity index (χ2v) is 16.7. The molecule has 1 aliphatic carbocycles. The van der Waals surface area contributed by atoms with Crippen molar-refractivity contribution in [3.63, 3.8) is 0 Å². The van der Waals surface area contributed by atoms with Gasteiger partial charge in [-0.1, -0.05) is 21.5 Å². The number of piperazine rings is 1. The summed E-state index contributed by atoms with van der Waals surface area (Å²) < 4.78 is 34.1. The van der Waals surface area contributed by atoms with Crippen molar-refractivity contribution in [2.75, 3.05) is 62.3 Å². The van der Waals surface area contributed by atoms with Crippen LogP contribution < -0.4 is 15.2 Å². The Morgan fingerprint density at radius 2 is 1.73 bits per heavy atom. The van der Waals surface area contributed by atoms with E-state index in [-0.39, 0.29) is 12.9 Å². The lowest BCUT2D eigenvalue weighted by Crippen LogP contribution is -2.49. The molecule has 37 heavy (non-hydrogen) atoms. The Hall–Kier alpha value is -1.21. The van der Waals surface area contributed by atoms with Gasteiger partial charge in [0.15, 0.2) is 0 Å². The molecule has 2 aromatic rings. The fourth-order valence-electron chi connectivity index (χ4n) is 5.42. The Balaban J connectivity index is 1.37. The molecule has 0 spiro atoms. The SMILES string of the molecule is CCC(C)c1cc(N2CCN(S(=O)(=O)C3CC3)CC2)cc2c1=Nc1ccc(N3CCOCC3)cc1S=2I. The van der Waals surface area contributed by atoms with Gasteiger partial charge in [0.1, 0.15) is 0 Å². The molecule has 6 rings (SSSR count). The molecule has 0 bridgehead atoms. The summed E-state index contributed by atoms with van der Waals surface area (Å²) in [5.74, 6) is 0.400. The highest BCUT2D eigenvalue weighted by molar-refractivity contribution is 14.2. The summed E-state index contributed by atoms with van der Waals surface area (Å²) in [6.07, 6.45) is 2.69. The molecule has 3 aliphatic heterocycles. The molecule has 2 saturated heterocycles. The van der Waals surface area contributed by atoms with Crippen LogP contribution in [0.3, 0.4) is 0 Å². The van der Waals surface area contributed by atoms with Gasteiger partial charge in [0.05, 0.1) is 29.5 Å². The number of nitrogens with zero attached hydrogens (tertiary/aromatic N) is 4. The number of hydrogen-bond acceptors (Lipinski definition) is 6. The smallest absolute Gasteiger partial charge is 0.217 e. The van der Waals surface area contributed by atoms with E-state index in [9.17, 15) is 8.42 Å². The fraction of sp³-hybridized carbons (Fsp3) is 0.556. The minimum absolute atomic E-state index is 0.132. The zero-order chi connectivity index (χ0) is 25.7. The monoisotopic (exact) mass is 654 g/mol. The third kappa shape index (κ3) is 4.97. The number of ether oxygens (including phenoxy) is 1. The Bertz CT molecular complexity index is 1430. The predicted octanol–water partition coefficient (Wildman–Crippen LogP) is 4.84. The Labute approximate surface area is 234 Å². The van der Waals surface area contributed by atoms with E-state index in [1.807, 2.05) is 0 Å². The molecule has 2 atom stereocenters. The molecule has 7 nitrogen and oxygen atoms in total. The summed E-state index contributed by atoms with van der Waals surface area (Å²) in [5, 5.41) is 1.00. The van der Waals surface area contributed by atoms with E-state index in [0.717, 1.165) is 69.7 Å². The minimum Gasteiger partial charge on any atom is -0.378 e. The summed E-state index contributed by atoms with van der Waals surface area (Å²) in [7, 11) is -3.24. The maximum atomic E-state index is 12.8. The number of sulfonamides is 1. The zero-order valence-corrected chi connectivity index (χ0v) is 25.3. The number of hydrogen-bond donors (Lipinski definition) is 0. The minimum atomic E-state index is -3.11. The lowest BCUT2D eigenvalue weighted by molar-refractivity contribution is 0.122. The number of anilines is 2. The van der Waals surface area contributed by atoms with Crippen LogP contribution in [0.15, 0.2) is 40.2 Å². The summed E-state index contributed by atoms with van der Waals surface area (Å²) in [6, 6.07) is 11.4. The Kier molecular flexibility index (Phi) is 7.32. The quantitative estimate of drug-likeness (QED) is 0.330. The highest BCUT2D eigenvalue weighted by atomic mass is 127. The second kappa shape index (κ2) is 10.4. The van der Waals surface area contributed by atoms with Gasteiger partial charge in [-0.3, -0.25) is 0 Å². The van der Waals surface area contributed by atoms with Crippen LogP contribution in [0.2, 0.25) is 0 Å². The average Bonchev–Trinajstić information content (AvgIpc) is 3.79. The molecule has 1 saturated carbocycles. The maximum absolute atomic E-state index is 12.8. The van der Waals surface area contributed by atoms with Crippen molar-refractivity contribution >= 4 is 55.9 Å². The third-order valence-corrected chi connectivity index (χ3v) is 14.7. The highest BCUT2D eigenvalue weighted by Crippen LogP contribution is 2.47. The summed E-state index contributed by atoms with van der Waals surface area (Å²) >= 11 is 2.61. The van der Waals surface area contributed by atoms with E-state index < -0.39 is 10.0 Å². The molecule has 200 valence electrons. The van der Waals surface area contributed by atoms with Crippen molar-refractivity contribution in [3.05, 3.63) is 45.8 Å². The standard InChI is InChI=1S/C27H35IN4O3S2/c1-3-19(2)23-16-21(30-8-10-32(11-9-30)37(33,34)22-5-6-22)18-26-27(23)29-24-7-4-20(17-25(24)36(26)28)31-12-14-35-15-13-31/h4,7,16-19,22H,3,5-6,8-15H2,1-2H3. The Morgan fingerprint density at radius 1 is 1.03 bits per heavy atom. The molecule has 3 heterocycles. The van der Waals surface area contributed by atoms with Gasteiger partial charge in [-0.2, -0.15) is 4.31 Å². The van der Waals surface area contributed by atoms with Crippen LogP contribution in [0.4, 0.5) is 17.1 Å². The van der Waals surface area contributed by atoms with Crippen LogP contribution in [0.1, 0.15) is 44.6 Å². The third-order valence-electron chi connectivity index (χ3n) is 8.08. The predicted molar refractivity (Wildman–Crippen MR) is 160 cm³/mol. The molecular weight excluding hydrogens is 619 g/mol. The highest BCUT2D eigenvalue weighted by Gasteiger charge is 2.41. The van der Waals surface area contributed by atoms with Crippen LogP contribution in [0, 0.1) is 4.51 Å². The topological polar surface area (TPSA) is 65.5 Å². The van der Waals surface area contributed by atoms with Crippen molar-refractivity contribution in [1.29, 1.82) is 0 Å². The molecule has 0 N–H and O–H groups in total. The number of halogens is 1. The fourth-order valence-corrected chi connectivity index (χ4v) is 10.6. The van der Waals surface area contributed by atoms with Gasteiger partial charge in [-0.25, -0.2) is 13.4 Å². The summed E-state index contributed by atoms with van der Waals surface area (Å²) in [5.41, 5.74) is 4.84. The van der Waals surface area contributed by atoms with Gasteiger partial charge in [-0.05, 0) is 82.3 Å². The lowest BCUT2D eigenvalue weighted by atomic mass is 9.97. The van der Waals surface area contributed by atoms with Crippen molar-refractivity contribution in [2.24, 2.45) is 4.99 Å². The summed E-state index contributed by atoms with van der Waals surface area (Å²) in [6.45, 7) is 10.5. The lowest BCUT2D eigenvalue weighted by Gasteiger charge is -2.36. The van der Waals surface area contributed by atoms with Crippen LogP contribution in [0.5, 0.6) is 0 Å². The van der Waals surface area contributed by atoms with Crippen LogP contribution >= 0.6 is 28.9 Å². The van der Waals surface area contributed by atoms with Gasteiger partial charge in [-0.15, -0.1) is 0 Å². The van der Waals surface area contributed by atoms with Crippen LogP contribution in [0.25, 0.3) is 0 Å². The van der Waals surface area contributed by atoms with E-state index in [4.69, 9.17) is 9.73 Å². The first-order chi connectivity index (χ1) is 17.9. The van der Waals surface area contributed by atoms with E-state index in [0.29, 0.717) is 19.0 Å². The molecule has 3 fully saturated rings. The molecule has 4 aliphatic rings. The van der Waals surface area contributed by atoms with E-state index in [1.54, 1.807) is 4.31 Å². The largest absolute Gasteiger partial charge is 0.378 e. The molecule has 2 aromatic carbocycles. The normalized spacial score (nSPS) is 23.3. The molecule has 0 amide bonds. The van der Waals surface area contributed by atoms with Crippen molar-refractivity contribution in [1.82, 2.24) is 4.31 Å². The van der Waals surface area contributed by atoms with E-state index >= 15 is 0 Å². The van der Waals surface area contributed by atoms with Crippen molar-refractivity contribution in [3.8, 4) is 0 Å².